The molecule has 3 aromatic rings. The number of benzene rings is 2. The highest BCUT2D eigenvalue weighted by molar-refractivity contribution is 5.96. The minimum absolute atomic E-state index is 0.0522. The number of hydrogen-bond donors (Lipinski definition) is 2. The maximum atomic E-state index is 14.1. The van der Waals surface area contributed by atoms with Crippen molar-refractivity contribution in [3.05, 3.63) is 70.0 Å². The third-order valence-corrected chi connectivity index (χ3v) is 10.3. The summed E-state index contributed by atoms with van der Waals surface area (Å²) >= 11 is 0. The number of guanidine groups is 1. The van der Waals surface area contributed by atoms with Crippen molar-refractivity contribution < 1.29 is 13.2 Å². The number of aryl methyl sites for hydroxylation is 1. The molecule has 3 aliphatic carbocycles. The molecule has 7 rings (SSSR count). The Morgan fingerprint density at radius 3 is 2.65 bits per heavy atom. The van der Waals surface area contributed by atoms with Crippen molar-refractivity contribution in [1.82, 2.24) is 19.8 Å². The number of alkyl halides is 2. The maximum absolute atomic E-state index is 14.1. The van der Waals surface area contributed by atoms with E-state index in [2.05, 4.69) is 41.3 Å². The van der Waals surface area contributed by atoms with Gasteiger partial charge in [-0.1, -0.05) is 32.9 Å². The summed E-state index contributed by atoms with van der Waals surface area (Å²) in [6, 6.07) is 11.3. The van der Waals surface area contributed by atoms with Crippen LogP contribution in [0.3, 0.4) is 0 Å². The normalized spacial score (nSPS) is 26.8. The Balaban J connectivity index is 1.28. The second kappa shape index (κ2) is 11.9. The molecule has 3 saturated carbocycles. The summed E-state index contributed by atoms with van der Waals surface area (Å²) in [5.74, 6) is 2.15. The zero-order chi connectivity index (χ0) is 30.3. The van der Waals surface area contributed by atoms with Gasteiger partial charge < -0.3 is 15.5 Å². The quantitative estimate of drug-likeness (QED) is 0.286. The number of aromatic nitrogens is 2. The van der Waals surface area contributed by atoms with E-state index in [0.29, 0.717) is 71.8 Å². The van der Waals surface area contributed by atoms with Crippen molar-refractivity contribution in [2.24, 2.45) is 28.2 Å². The average Bonchev–Trinajstić information content (AvgIpc) is 3.01. The van der Waals surface area contributed by atoms with Crippen LogP contribution in [0.5, 0.6) is 0 Å². The van der Waals surface area contributed by atoms with Gasteiger partial charge in [0.05, 0.1) is 23.0 Å². The standard InChI is InChI=1S/C33H41F3N6O/c1-20-27-14-22(33(27,2)3)15-28(20)40-32(41-13-11-37-25(17-34)19-41)38-24-8-9-26-29(16-24)39-30(18-35)42(31(26)43)12-10-21-4-6-23(36)7-5-21/h4-9,16,20,22,25,27-28,37H,10-15,17-19H2,1-3H3,(H,38,40)/t20-,22+,25-,27-,28?/m0/s1. The Hall–Kier alpha value is -3.40. The molecule has 1 aliphatic heterocycles. The van der Waals surface area contributed by atoms with Crippen LogP contribution in [0.1, 0.15) is 45.0 Å². The third kappa shape index (κ3) is 5.78. The van der Waals surface area contributed by atoms with Gasteiger partial charge in [-0.05, 0) is 78.3 Å². The maximum Gasteiger partial charge on any atom is 0.261 e. The molecule has 2 aromatic carbocycles. The number of anilines is 1. The van der Waals surface area contributed by atoms with E-state index in [1.165, 1.54) is 23.1 Å². The molecule has 1 unspecified atom stereocenters. The summed E-state index contributed by atoms with van der Waals surface area (Å²) in [6.45, 7) is 7.78. The van der Waals surface area contributed by atoms with E-state index >= 15 is 0 Å². The minimum atomic E-state index is -0.886. The first-order chi connectivity index (χ1) is 20.7. The molecule has 10 heteroatoms. The molecule has 230 valence electrons. The molecule has 0 amide bonds. The summed E-state index contributed by atoms with van der Waals surface area (Å²) < 4.78 is 42.4. The van der Waals surface area contributed by atoms with Crippen LogP contribution in [0.25, 0.3) is 10.9 Å². The summed E-state index contributed by atoms with van der Waals surface area (Å²) in [5.41, 5.74) is 1.97. The lowest BCUT2D eigenvalue weighted by atomic mass is 9.45. The van der Waals surface area contributed by atoms with Crippen molar-refractivity contribution in [2.45, 2.75) is 65.3 Å². The predicted octanol–water partition coefficient (Wildman–Crippen LogP) is 5.33. The molecule has 0 spiro atoms. The Labute approximate surface area is 250 Å². The fourth-order valence-electron chi connectivity index (χ4n) is 7.46. The van der Waals surface area contributed by atoms with Crippen molar-refractivity contribution in [3.8, 4) is 0 Å². The monoisotopic (exact) mass is 594 g/mol. The molecule has 5 atom stereocenters. The highest BCUT2D eigenvalue weighted by atomic mass is 19.1. The van der Waals surface area contributed by atoms with Gasteiger partial charge in [-0.3, -0.25) is 9.36 Å². The summed E-state index contributed by atoms with van der Waals surface area (Å²) in [5, 5.41) is 7.10. The molecular formula is C33H41F3N6O. The Bertz CT molecular complexity index is 1550. The van der Waals surface area contributed by atoms with Crippen LogP contribution in [-0.4, -0.2) is 58.8 Å². The number of fused-ring (bicyclic) bond motifs is 3. The van der Waals surface area contributed by atoms with E-state index in [1.54, 1.807) is 24.3 Å². The van der Waals surface area contributed by atoms with Crippen LogP contribution in [0.4, 0.5) is 18.9 Å². The molecule has 0 radical (unpaired) electrons. The van der Waals surface area contributed by atoms with E-state index in [9.17, 15) is 18.0 Å². The van der Waals surface area contributed by atoms with E-state index < -0.39 is 13.3 Å². The largest absolute Gasteiger partial charge is 0.340 e. The van der Waals surface area contributed by atoms with E-state index in [1.807, 2.05) is 6.07 Å². The lowest BCUT2D eigenvalue weighted by Gasteiger charge is -2.61. The van der Waals surface area contributed by atoms with Gasteiger partial charge in [0.15, 0.2) is 5.96 Å². The highest BCUT2D eigenvalue weighted by Crippen LogP contribution is 2.61. The Morgan fingerprint density at radius 2 is 1.95 bits per heavy atom. The van der Waals surface area contributed by atoms with Gasteiger partial charge in [-0.25, -0.2) is 23.1 Å². The second-order valence-electron chi connectivity index (χ2n) is 13.1. The van der Waals surface area contributed by atoms with Crippen molar-refractivity contribution in [2.75, 3.05) is 31.6 Å². The van der Waals surface area contributed by atoms with Gasteiger partial charge in [0.2, 0.25) is 0 Å². The van der Waals surface area contributed by atoms with E-state index in [4.69, 9.17) is 4.99 Å². The molecule has 4 aliphatic rings. The van der Waals surface area contributed by atoms with E-state index in [0.717, 1.165) is 12.0 Å². The summed E-state index contributed by atoms with van der Waals surface area (Å²) in [7, 11) is 0. The Kier molecular flexibility index (Phi) is 8.24. The minimum Gasteiger partial charge on any atom is -0.340 e. The molecule has 2 bridgehead atoms. The summed E-state index contributed by atoms with van der Waals surface area (Å²) in [4.78, 5) is 25.3. The first-order valence-corrected chi connectivity index (χ1v) is 15.4. The zero-order valence-corrected chi connectivity index (χ0v) is 25.1. The van der Waals surface area contributed by atoms with Gasteiger partial charge in [-0.15, -0.1) is 0 Å². The number of halogens is 3. The van der Waals surface area contributed by atoms with Gasteiger partial charge >= 0.3 is 0 Å². The number of nitrogens with zero attached hydrogens (tertiary/aromatic N) is 4. The predicted molar refractivity (Wildman–Crippen MR) is 164 cm³/mol. The van der Waals surface area contributed by atoms with Gasteiger partial charge in [0.1, 0.15) is 25.0 Å². The van der Waals surface area contributed by atoms with E-state index in [-0.39, 0.29) is 35.8 Å². The fourth-order valence-corrected chi connectivity index (χ4v) is 7.46. The number of piperazine rings is 1. The van der Waals surface area contributed by atoms with Crippen LogP contribution >= 0.6 is 0 Å². The molecule has 2 N–H and O–H groups in total. The van der Waals surface area contributed by atoms with Gasteiger partial charge in [0, 0.05) is 31.9 Å². The molecule has 7 nitrogen and oxygen atoms in total. The average molecular weight is 595 g/mol. The fraction of sp³-hybridized carbons (Fsp3) is 0.545. The van der Waals surface area contributed by atoms with Gasteiger partial charge in [0.25, 0.3) is 5.56 Å². The molecule has 4 fully saturated rings. The van der Waals surface area contributed by atoms with Crippen LogP contribution in [0, 0.1) is 29.0 Å². The first kappa shape index (κ1) is 29.7. The number of nitrogens with one attached hydrogen (secondary N) is 2. The molecule has 1 aromatic heterocycles. The molecule has 1 saturated heterocycles. The van der Waals surface area contributed by atoms with Crippen LogP contribution in [0.15, 0.2) is 52.3 Å². The summed E-state index contributed by atoms with van der Waals surface area (Å²) in [6.07, 6.45) is 2.74. The number of aliphatic imine (C=N–C) groups is 1. The second-order valence-corrected chi connectivity index (χ2v) is 13.1. The third-order valence-electron chi connectivity index (χ3n) is 10.3. The van der Waals surface area contributed by atoms with Crippen LogP contribution in [0.2, 0.25) is 0 Å². The molecule has 2 heterocycles. The van der Waals surface area contributed by atoms with Crippen molar-refractivity contribution in [1.29, 1.82) is 0 Å². The van der Waals surface area contributed by atoms with Crippen LogP contribution < -0.4 is 16.2 Å². The smallest absolute Gasteiger partial charge is 0.261 e. The van der Waals surface area contributed by atoms with Crippen molar-refractivity contribution in [3.63, 3.8) is 0 Å². The lowest BCUT2D eigenvalue weighted by molar-refractivity contribution is -0.108. The number of hydrogen-bond acceptors (Lipinski definition) is 4. The van der Waals surface area contributed by atoms with Gasteiger partial charge in [-0.2, -0.15) is 0 Å². The number of rotatable bonds is 7. The lowest BCUT2D eigenvalue weighted by Crippen LogP contribution is -2.58. The molecule has 43 heavy (non-hydrogen) atoms. The highest BCUT2D eigenvalue weighted by Gasteiger charge is 2.56. The molecular weight excluding hydrogens is 553 g/mol. The SMILES string of the molecule is C[C@@H]1C(/N=C(/Nc2ccc3c(=O)n(CCc4ccc(F)cc4)c(CF)nc3c2)N2CCN[C@@H](CF)C2)C[C@H]2C[C@@H]1C2(C)C. The van der Waals surface area contributed by atoms with Crippen molar-refractivity contribution >= 4 is 22.5 Å². The Morgan fingerprint density at radius 1 is 1.16 bits per heavy atom. The topological polar surface area (TPSA) is 74.5 Å². The van der Waals surface area contributed by atoms with Crippen LogP contribution in [-0.2, 0) is 19.6 Å². The zero-order valence-electron chi connectivity index (χ0n) is 25.1. The first-order valence-electron chi connectivity index (χ1n) is 15.4.